The van der Waals surface area contributed by atoms with Crippen molar-refractivity contribution in [1.82, 2.24) is 0 Å². The van der Waals surface area contributed by atoms with Gasteiger partial charge in [-0.2, -0.15) is 0 Å². The second-order valence-electron chi connectivity index (χ2n) is 6.01. The lowest BCUT2D eigenvalue weighted by Crippen LogP contribution is -2.27. The van der Waals surface area contributed by atoms with Crippen LogP contribution in [0, 0.1) is 5.92 Å². The number of carboxylic acids is 1. The maximum atomic E-state index is 10.7. The van der Waals surface area contributed by atoms with Crippen molar-refractivity contribution >= 4 is 15.5 Å². The number of hydrogen-bond acceptors (Lipinski definition) is 4. The molecule has 0 fully saturated rings. The monoisotopic (exact) mass is 378 g/mol. The van der Waals surface area contributed by atoms with E-state index in [1.165, 1.54) is 38.5 Å². The van der Waals surface area contributed by atoms with Crippen molar-refractivity contribution in [3.05, 3.63) is 0 Å². The predicted octanol–water partition coefficient (Wildman–Crippen LogP) is 5.05. The minimum absolute atomic E-state index is 0.111. The SMILES string of the molecule is CCCCCCCCCC(CC)C(=O)O.CCO[SiH](OCC)OCC. The molecule has 0 aromatic heterocycles. The number of unbranched alkanes of at least 4 members (excludes halogenated alkanes) is 6. The Balaban J connectivity index is 0. The van der Waals surface area contributed by atoms with Gasteiger partial charge in [0.1, 0.15) is 0 Å². The van der Waals surface area contributed by atoms with E-state index in [1.54, 1.807) is 0 Å². The number of aliphatic carboxylic acids is 1. The molecule has 6 heteroatoms. The van der Waals surface area contributed by atoms with Crippen LogP contribution in [0.1, 0.15) is 92.4 Å². The summed E-state index contributed by atoms with van der Waals surface area (Å²) in [5.41, 5.74) is 0. The first-order valence-corrected chi connectivity index (χ1v) is 11.6. The molecule has 1 atom stereocenters. The van der Waals surface area contributed by atoms with Crippen LogP contribution in [-0.4, -0.2) is 40.4 Å². The molecule has 152 valence electrons. The highest BCUT2D eigenvalue weighted by atomic mass is 28.3. The van der Waals surface area contributed by atoms with Crippen molar-refractivity contribution < 1.29 is 23.2 Å². The van der Waals surface area contributed by atoms with E-state index in [2.05, 4.69) is 6.92 Å². The zero-order valence-corrected chi connectivity index (χ0v) is 18.4. The van der Waals surface area contributed by atoms with Crippen LogP contribution in [0.4, 0.5) is 0 Å². The first kappa shape index (κ1) is 26.8. The van der Waals surface area contributed by atoms with Crippen molar-refractivity contribution in [3.63, 3.8) is 0 Å². The number of carbonyl (C=O) groups is 1. The molecule has 0 aliphatic heterocycles. The lowest BCUT2D eigenvalue weighted by Gasteiger charge is -2.12. The lowest BCUT2D eigenvalue weighted by atomic mass is 9.98. The molecule has 0 heterocycles. The van der Waals surface area contributed by atoms with E-state index < -0.39 is 15.5 Å². The fourth-order valence-corrected chi connectivity index (χ4v) is 3.51. The summed E-state index contributed by atoms with van der Waals surface area (Å²) in [6, 6.07) is 0. The normalized spacial score (nSPS) is 11.9. The van der Waals surface area contributed by atoms with Gasteiger partial charge in [-0.15, -0.1) is 0 Å². The van der Waals surface area contributed by atoms with Crippen LogP contribution in [0.15, 0.2) is 0 Å². The highest BCUT2D eigenvalue weighted by molar-refractivity contribution is 6.36. The van der Waals surface area contributed by atoms with Crippen molar-refractivity contribution in [1.29, 1.82) is 0 Å². The van der Waals surface area contributed by atoms with Crippen LogP contribution in [-0.2, 0) is 18.1 Å². The Labute approximate surface area is 157 Å². The van der Waals surface area contributed by atoms with Gasteiger partial charge in [-0.3, -0.25) is 4.79 Å². The van der Waals surface area contributed by atoms with Gasteiger partial charge in [-0.05, 0) is 33.6 Å². The molecule has 0 saturated carbocycles. The topological polar surface area (TPSA) is 65.0 Å². The summed E-state index contributed by atoms with van der Waals surface area (Å²) in [5, 5.41) is 8.85. The molecule has 0 spiro atoms. The molecule has 25 heavy (non-hydrogen) atoms. The third-order valence-electron chi connectivity index (χ3n) is 3.91. The Morgan fingerprint density at radius 2 is 1.24 bits per heavy atom. The fraction of sp³-hybridized carbons (Fsp3) is 0.947. The summed E-state index contributed by atoms with van der Waals surface area (Å²) in [6.45, 7) is 12.0. The Bertz CT molecular complexity index is 262. The van der Waals surface area contributed by atoms with Crippen molar-refractivity contribution in [2.75, 3.05) is 19.8 Å². The van der Waals surface area contributed by atoms with Gasteiger partial charge in [-0.25, -0.2) is 0 Å². The minimum Gasteiger partial charge on any atom is -0.481 e. The van der Waals surface area contributed by atoms with Gasteiger partial charge in [0.25, 0.3) is 0 Å². The standard InChI is InChI=1S/C13H26O2.C6H16O3Si/c1-3-5-6-7-8-9-10-11-12(4-2)13(14)15;1-4-7-10(8-5-2)9-6-3/h12H,3-11H2,1-2H3,(H,14,15);10H,4-6H2,1-3H3. The summed E-state index contributed by atoms with van der Waals surface area (Å²) in [4.78, 5) is 10.7. The smallest absolute Gasteiger partial charge is 0.481 e. The van der Waals surface area contributed by atoms with Gasteiger partial charge in [0, 0.05) is 19.8 Å². The van der Waals surface area contributed by atoms with E-state index in [0.717, 1.165) is 19.3 Å². The molecular formula is C19H42O5Si. The van der Waals surface area contributed by atoms with E-state index in [1.807, 2.05) is 27.7 Å². The van der Waals surface area contributed by atoms with Crippen LogP contribution in [0.5, 0.6) is 0 Å². The zero-order chi connectivity index (χ0) is 19.3. The van der Waals surface area contributed by atoms with E-state index in [9.17, 15) is 4.79 Å². The average Bonchev–Trinajstić information content (AvgIpc) is 2.58. The Hall–Kier alpha value is -0.433. The van der Waals surface area contributed by atoms with Crippen molar-refractivity contribution in [2.45, 2.75) is 92.4 Å². The second kappa shape index (κ2) is 21.6. The van der Waals surface area contributed by atoms with Gasteiger partial charge in [0.15, 0.2) is 0 Å². The van der Waals surface area contributed by atoms with Crippen molar-refractivity contribution in [2.24, 2.45) is 5.92 Å². The molecule has 1 N–H and O–H groups in total. The highest BCUT2D eigenvalue weighted by Crippen LogP contribution is 2.15. The molecular weight excluding hydrogens is 336 g/mol. The summed E-state index contributed by atoms with van der Waals surface area (Å²) in [7, 11) is -1.73. The molecule has 5 nitrogen and oxygen atoms in total. The summed E-state index contributed by atoms with van der Waals surface area (Å²) >= 11 is 0. The maximum Gasteiger partial charge on any atom is 0.484 e. The van der Waals surface area contributed by atoms with Crippen molar-refractivity contribution in [3.8, 4) is 0 Å². The summed E-state index contributed by atoms with van der Waals surface area (Å²) in [5.74, 6) is -0.732. The van der Waals surface area contributed by atoms with Gasteiger partial charge in [-0.1, -0.05) is 58.8 Å². The average molecular weight is 379 g/mol. The number of hydrogen-bond donors (Lipinski definition) is 1. The summed E-state index contributed by atoms with van der Waals surface area (Å²) < 4.78 is 15.7. The van der Waals surface area contributed by atoms with Crippen LogP contribution in [0.2, 0.25) is 0 Å². The van der Waals surface area contributed by atoms with Gasteiger partial charge in [0.2, 0.25) is 0 Å². The largest absolute Gasteiger partial charge is 0.484 e. The van der Waals surface area contributed by atoms with E-state index in [4.69, 9.17) is 18.4 Å². The van der Waals surface area contributed by atoms with Crippen LogP contribution >= 0.6 is 0 Å². The van der Waals surface area contributed by atoms with Crippen LogP contribution in [0.25, 0.3) is 0 Å². The number of rotatable bonds is 16. The predicted molar refractivity (Wildman–Crippen MR) is 106 cm³/mol. The maximum absolute atomic E-state index is 10.7. The third kappa shape index (κ3) is 19.7. The molecule has 1 unspecified atom stereocenters. The third-order valence-corrected chi connectivity index (χ3v) is 5.72. The van der Waals surface area contributed by atoms with E-state index in [0.29, 0.717) is 19.8 Å². The first-order chi connectivity index (χ1) is 12.1. The molecule has 0 rings (SSSR count). The molecule has 0 aromatic rings. The van der Waals surface area contributed by atoms with E-state index in [-0.39, 0.29) is 5.92 Å². The molecule has 0 amide bonds. The molecule has 0 radical (unpaired) electrons. The number of carboxylic acid groups (broad SMARTS) is 1. The van der Waals surface area contributed by atoms with Crippen LogP contribution < -0.4 is 0 Å². The molecule has 0 saturated heterocycles. The molecule has 0 aromatic carbocycles. The minimum atomic E-state index is -1.73. The van der Waals surface area contributed by atoms with Gasteiger partial charge in [0.05, 0.1) is 5.92 Å². The Morgan fingerprint density at radius 3 is 1.60 bits per heavy atom. The van der Waals surface area contributed by atoms with E-state index >= 15 is 0 Å². The first-order valence-electron chi connectivity index (χ1n) is 10.1. The second-order valence-corrected chi connectivity index (χ2v) is 7.59. The zero-order valence-electron chi connectivity index (χ0n) is 17.2. The Kier molecular flexibility index (Phi) is 23.2. The van der Waals surface area contributed by atoms with Gasteiger partial charge < -0.3 is 18.4 Å². The highest BCUT2D eigenvalue weighted by Gasteiger charge is 2.13. The lowest BCUT2D eigenvalue weighted by molar-refractivity contribution is -0.142. The molecule has 0 aliphatic rings. The quantitative estimate of drug-likeness (QED) is 0.301. The van der Waals surface area contributed by atoms with Crippen LogP contribution in [0.3, 0.4) is 0 Å². The molecule has 0 aliphatic carbocycles. The summed E-state index contributed by atoms with van der Waals surface area (Å²) in [6.07, 6.45) is 10.5. The Morgan fingerprint density at radius 1 is 0.800 bits per heavy atom. The fourth-order valence-electron chi connectivity index (χ4n) is 2.40. The molecule has 0 bridgehead atoms. The van der Waals surface area contributed by atoms with Gasteiger partial charge >= 0.3 is 15.5 Å².